The number of benzene rings is 2. The highest BCUT2D eigenvalue weighted by atomic mass is 32.2. The Balaban J connectivity index is 1.65. The van der Waals surface area contributed by atoms with E-state index in [0.29, 0.717) is 23.6 Å². The first kappa shape index (κ1) is 19.5. The second kappa shape index (κ2) is 8.28. The molecule has 0 aliphatic heterocycles. The third kappa shape index (κ3) is 4.29. The minimum absolute atomic E-state index is 0.0985. The van der Waals surface area contributed by atoms with Gasteiger partial charge in [-0.25, -0.2) is 9.97 Å². The second-order valence-electron chi connectivity index (χ2n) is 6.31. The van der Waals surface area contributed by atoms with Crippen LogP contribution >= 0.6 is 11.3 Å². The molecule has 0 radical (unpaired) electrons. The van der Waals surface area contributed by atoms with E-state index >= 15 is 0 Å². The van der Waals surface area contributed by atoms with Crippen molar-refractivity contribution in [1.29, 1.82) is 0 Å². The number of ether oxygens (including phenoxy) is 1. The summed E-state index contributed by atoms with van der Waals surface area (Å²) in [5.41, 5.74) is 4.63. The summed E-state index contributed by atoms with van der Waals surface area (Å²) in [5, 5.41) is 0. The van der Waals surface area contributed by atoms with Crippen molar-refractivity contribution >= 4 is 31.7 Å². The lowest BCUT2D eigenvalue weighted by Gasteiger charge is -2.13. The summed E-state index contributed by atoms with van der Waals surface area (Å²) in [6.45, 7) is 1.97. The molecule has 8 heteroatoms. The van der Waals surface area contributed by atoms with Gasteiger partial charge in [0, 0.05) is 0 Å². The SMILES string of the molecule is Cc1nc(OCc2ccccc2)c(COS(=O)(=O)c2ccccc2)c2ncsc12. The molecule has 0 spiro atoms. The van der Waals surface area contributed by atoms with Crippen LogP contribution in [0.3, 0.4) is 0 Å². The monoisotopic (exact) mass is 426 g/mol. The molecule has 0 unspecified atom stereocenters. The van der Waals surface area contributed by atoms with Gasteiger partial charge in [-0.05, 0) is 24.6 Å². The summed E-state index contributed by atoms with van der Waals surface area (Å²) in [6, 6.07) is 17.7. The third-order valence-electron chi connectivity index (χ3n) is 4.32. The number of hydrogen-bond acceptors (Lipinski definition) is 7. The first-order valence-corrected chi connectivity index (χ1v) is 11.2. The molecule has 0 N–H and O–H groups in total. The van der Waals surface area contributed by atoms with E-state index in [1.807, 2.05) is 37.3 Å². The molecule has 4 rings (SSSR count). The summed E-state index contributed by atoms with van der Waals surface area (Å²) < 4.78 is 37.2. The van der Waals surface area contributed by atoms with Crippen LogP contribution in [0.2, 0.25) is 0 Å². The maximum Gasteiger partial charge on any atom is 0.297 e. The maximum atomic E-state index is 12.5. The van der Waals surface area contributed by atoms with Crippen molar-refractivity contribution < 1.29 is 17.3 Å². The quantitative estimate of drug-likeness (QED) is 0.405. The summed E-state index contributed by atoms with van der Waals surface area (Å²) in [4.78, 5) is 9.03. The molecule has 0 bridgehead atoms. The average molecular weight is 427 g/mol. The van der Waals surface area contributed by atoms with E-state index in [0.717, 1.165) is 16.0 Å². The predicted molar refractivity (Wildman–Crippen MR) is 111 cm³/mol. The van der Waals surface area contributed by atoms with E-state index in [1.165, 1.54) is 23.5 Å². The smallest absolute Gasteiger partial charge is 0.297 e. The van der Waals surface area contributed by atoms with Gasteiger partial charge >= 0.3 is 0 Å². The van der Waals surface area contributed by atoms with Crippen LogP contribution in [0.4, 0.5) is 0 Å². The zero-order valence-electron chi connectivity index (χ0n) is 15.6. The zero-order chi connectivity index (χ0) is 20.3. The molecular formula is C21H18N2O4S2. The van der Waals surface area contributed by atoms with Gasteiger partial charge in [0.2, 0.25) is 5.88 Å². The van der Waals surface area contributed by atoms with Crippen LogP contribution in [0, 0.1) is 6.92 Å². The Morgan fingerprint density at radius 2 is 1.66 bits per heavy atom. The molecule has 4 aromatic rings. The number of rotatable bonds is 7. The van der Waals surface area contributed by atoms with Gasteiger partial charge in [-0.1, -0.05) is 48.5 Å². The molecule has 0 saturated carbocycles. The van der Waals surface area contributed by atoms with Crippen molar-refractivity contribution in [3.8, 4) is 5.88 Å². The number of fused-ring (bicyclic) bond motifs is 1. The second-order valence-corrected chi connectivity index (χ2v) is 8.78. The lowest BCUT2D eigenvalue weighted by atomic mass is 10.2. The van der Waals surface area contributed by atoms with Crippen molar-refractivity contribution in [3.05, 3.63) is 83.0 Å². The van der Waals surface area contributed by atoms with Gasteiger partial charge < -0.3 is 4.74 Å². The van der Waals surface area contributed by atoms with Crippen molar-refractivity contribution in [3.63, 3.8) is 0 Å². The molecule has 0 aliphatic rings. The molecule has 2 heterocycles. The topological polar surface area (TPSA) is 78.4 Å². The Hall–Kier alpha value is -2.81. The molecule has 29 heavy (non-hydrogen) atoms. The maximum absolute atomic E-state index is 12.5. The van der Waals surface area contributed by atoms with Crippen molar-refractivity contribution in [2.75, 3.05) is 0 Å². The number of aromatic nitrogens is 2. The number of hydrogen-bond donors (Lipinski definition) is 0. The Kier molecular flexibility index (Phi) is 5.57. The van der Waals surface area contributed by atoms with E-state index in [1.54, 1.807) is 23.7 Å². The van der Waals surface area contributed by atoms with Crippen LogP contribution in [-0.4, -0.2) is 18.4 Å². The standard InChI is InChI=1S/C21H18N2O4S2/c1-15-20-19(22-14-28-20)18(13-27-29(24,25)17-10-6-3-7-11-17)21(23-15)26-12-16-8-4-2-5-9-16/h2-11,14H,12-13H2,1H3. The van der Waals surface area contributed by atoms with Crippen molar-refractivity contribution in [1.82, 2.24) is 9.97 Å². The summed E-state index contributed by atoms with van der Waals surface area (Å²) in [6.07, 6.45) is 0. The van der Waals surface area contributed by atoms with Crippen molar-refractivity contribution in [2.45, 2.75) is 25.0 Å². The zero-order valence-corrected chi connectivity index (χ0v) is 17.2. The first-order chi connectivity index (χ1) is 14.0. The van der Waals surface area contributed by atoms with Gasteiger partial charge in [0.1, 0.15) is 6.61 Å². The Labute approximate surface area is 172 Å². The molecule has 0 fully saturated rings. The van der Waals surface area contributed by atoms with E-state index in [2.05, 4.69) is 9.97 Å². The number of nitrogens with zero attached hydrogens (tertiary/aromatic N) is 2. The molecule has 0 aliphatic carbocycles. The van der Waals surface area contributed by atoms with E-state index < -0.39 is 10.1 Å². The van der Waals surface area contributed by atoms with Gasteiger partial charge in [0.05, 0.1) is 38.5 Å². The average Bonchev–Trinajstić information content (AvgIpc) is 3.24. The largest absolute Gasteiger partial charge is 0.472 e. The first-order valence-electron chi connectivity index (χ1n) is 8.88. The minimum Gasteiger partial charge on any atom is -0.472 e. The van der Waals surface area contributed by atoms with E-state index in [4.69, 9.17) is 8.92 Å². The molecule has 6 nitrogen and oxygen atoms in total. The fourth-order valence-corrected chi connectivity index (χ4v) is 4.52. The third-order valence-corrected chi connectivity index (χ3v) is 6.53. The molecule has 0 saturated heterocycles. The fraction of sp³-hybridized carbons (Fsp3) is 0.143. The number of aryl methyl sites for hydroxylation is 1. The molecule has 0 atom stereocenters. The van der Waals surface area contributed by atoms with Gasteiger partial charge in [-0.3, -0.25) is 4.18 Å². The van der Waals surface area contributed by atoms with Crippen LogP contribution in [0.15, 0.2) is 71.1 Å². The normalized spacial score (nSPS) is 11.6. The minimum atomic E-state index is -3.91. The van der Waals surface area contributed by atoms with Gasteiger partial charge in [-0.2, -0.15) is 8.42 Å². The van der Waals surface area contributed by atoms with Crippen LogP contribution in [0.5, 0.6) is 5.88 Å². The highest BCUT2D eigenvalue weighted by Gasteiger charge is 2.21. The van der Waals surface area contributed by atoms with Gasteiger partial charge in [-0.15, -0.1) is 11.3 Å². The van der Waals surface area contributed by atoms with Crippen LogP contribution in [0.25, 0.3) is 10.2 Å². The number of thiazole rings is 1. The Morgan fingerprint density at radius 1 is 0.966 bits per heavy atom. The Bertz CT molecular complexity index is 1220. The molecular weight excluding hydrogens is 408 g/mol. The molecule has 148 valence electrons. The summed E-state index contributed by atoms with van der Waals surface area (Å²) >= 11 is 1.45. The molecule has 2 aromatic heterocycles. The summed E-state index contributed by atoms with van der Waals surface area (Å²) in [5.74, 6) is 0.327. The molecule has 0 amide bonds. The van der Waals surface area contributed by atoms with Crippen LogP contribution < -0.4 is 4.74 Å². The fourth-order valence-electron chi connectivity index (χ4n) is 2.86. The lowest BCUT2D eigenvalue weighted by molar-refractivity contribution is 0.268. The Morgan fingerprint density at radius 3 is 2.38 bits per heavy atom. The van der Waals surface area contributed by atoms with Crippen LogP contribution in [-0.2, 0) is 27.5 Å². The van der Waals surface area contributed by atoms with Gasteiger partial charge in [0.25, 0.3) is 10.1 Å². The highest BCUT2D eigenvalue weighted by Crippen LogP contribution is 2.32. The van der Waals surface area contributed by atoms with E-state index in [-0.39, 0.29) is 11.5 Å². The predicted octanol–water partition coefficient (Wildman–Crippen LogP) is 4.48. The highest BCUT2D eigenvalue weighted by molar-refractivity contribution is 7.86. The molecule has 2 aromatic carbocycles. The van der Waals surface area contributed by atoms with Crippen LogP contribution in [0.1, 0.15) is 16.8 Å². The van der Waals surface area contributed by atoms with E-state index in [9.17, 15) is 8.42 Å². The lowest BCUT2D eigenvalue weighted by Crippen LogP contribution is -2.09. The van der Waals surface area contributed by atoms with Gasteiger partial charge in [0.15, 0.2) is 0 Å². The van der Waals surface area contributed by atoms with Crippen molar-refractivity contribution in [2.24, 2.45) is 0 Å². The summed E-state index contributed by atoms with van der Waals surface area (Å²) in [7, 11) is -3.91. The number of pyridine rings is 1.